The van der Waals surface area contributed by atoms with Crippen molar-refractivity contribution in [1.82, 2.24) is 0 Å². The molecule has 0 unspecified atom stereocenters. The van der Waals surface area contributed by atoms with E-state index in [0.29, 0.717) is 11.1 Å². The van der Waals surface area contributed by atoms with Crippen LogP contribution in [0.5, 0.6) is 5.75 Å². The van der Waals surface area contributed by atoms with Crippen LogP contribution in [0.15, 0.2) is 34.8 Å². The summed E-state index contributed by atoms with van der Waals surface area (Å²) in [6.45, 7) is 6.17. The van der Waals surface area contributed by atoms with Crippen LogP contribution in [0.1, 0.15) is 26.3 Å². The van der Waals surface area contributed by atoms with Crippen molar-refractivity contribution in [2.75, 3.05) is 7.11 Å². The van der Waals surface area contributed by atoms with Gasteiger partial charge in [0.15, 0.2) is 0 Å². The van der Waals surface area contributed by atoms with Crippen molar-refractivity contribution in [3.8, 4) is 16.9 Å². The third-order valence-corrected chi connectivity index (χ3v) is 3.89. The maximum absolute atomic E-state index is 14.0. The third kappa shape index (κ3) is 3.26. The number of benzene rings is 2. The van der Waals surface area contributed by atoms with Crippen LogP contribution in [0, 0.1) is 11.6 Å². The lowest BCUT2D eigenvalue weighted by Gasteiger charge is -2.24. The Morgan fingerprint density at radius 3 is 2.24 bits per heavy atom. The smallest absolute Gasteiger partial charge is 0.136 e. The Hall–Kier alpha value is -1.42. The average molecular weight is 355 g/mol. The summed E-state index contributed by atoms with van der Waals surface area (Å²) in [5.74, 6) is -0.430. The second kappa shape index (κ2) is 5.76. The first-order chi connectivity index (χ1) is 9.74. The minimum atomic E-state index is -0.583. The molecule has 0 atom stereocenters. The number of hydrogen-bond acceptors (Lipinski definition) is 1. The molecule has 1 nitrogen and oxygen atoms in total. The van der Waals surface area contributed by atoms with E-state index in [1.165, 1.54) is 12.1 Å². The van der Waals surface area contributed by atoms with Gasteiger partial charge in [0.1, 0.15) is 17.4 Å². The minimum Gasteiger partial charge on any atom is -0.495 e. The summed E-state index contributed by atoms with van der Waals surface area (Å²) in [5, 5.41) is 0. The molecule has 0 saturated carbocycles. The van der Waals surface area contributed by atoms with Gasteiger partial charge < -0.3 is 4.74 Å². The van der Waals surface area contributed by atoms with Gasteiger partial charge in [0.2, 0.25) is 0 Å². The van der Waals surface area contributed by atoms with Gasteiger partial charge in [0.05, 0.1) is 11.6 Å². The zero-order valence-corrected chi connectivity index (χ0v) is 14.0. The van der Waals surface area contributed by atoms with Gasteiger partial charge in [-0.15, -0.1) is 0 Å². The van der Waals surface area contributed by atoms with Crippen molar-refractivity contribution in [2.24, 2.45) is 0 Å². The number of ether oxygens (including phenoxy) is 1. The van der Waals surface area contributed by atoms with Crippen LogP contribution in [0.4, 0.5) is 8.78 Å². The van der Waals surface area contributed by atoms with Crippen LogP contribution in [0.3, 0.4) is 0 Å². The average Bonchev–Trinajstić information content (AvgIpc) is 2.36. The molecule has 0 N–H and O–H groups in total. The van der Waals surface area contributed by atoms with E-state index in [0.717, 1.165) is 21.9 Å². The topological polar surface area (TPSA) is 9.23 Å². The van der Waals surface area contributed by atoms with Crippen molar-refractivity contribution in [3.63, 3.8) is 0 Å². The Labute approximate surface area is 132 Å². The lowest BCUT2D eigenvalue weighted by molar-refractivity contribution is 0.395. The molecule has 4 heteroatoms. The summed E-state index contributed by atoms with van der Waals surface area (Å²) in [5.41, 5.74) is 1.84. The first kappa shape index (κ1) is 16.0. The summed E-state index contributed by atoms with van der Waals surface area (Å²) in [4.78, 5) is 0. The van der Waals surface area contributed by atoms with Crippen molar-refractivity contribution in [3.05, 3.63) is 52.0 Å². The third-order valence-electron chi connectivity index (χ3n) is 3.30. The fourth-order valence-corrected chi connectivity index (χ4v) is 2.86. The Balaban J connectivity index is 2.69. The molecule has 112 valence electrons. The summed E-state index contributed by atoms with van der Waals surface area (Å²) in [6, 6.07) is 7.27. The molecule has 0 aliphatic carbocycles. The van der Waals surface area contributed by atoms with Gasteiger partial charge in [-0.1, -0.05) is 20.8 Å². The molecule has 0 saturated heterocycles. The highest BCUT2D eigenvalue weighted by Crippen LogP contribution is 2.40. The van der Waals surface area contributed by atoms with E-state index in [1.807, 2.05) is 6.07 Å². The summed E-state index contributed by atoms with van der Waals surface area (Å²) in [6.07, 6.45) is 0. The maximum Gasteiger partial charge on any atom is 0.136 e. The van der Waals surface area contributed by atoms with E-state index in [2.05, 4.69) is 36.7 Å². The van der Waals surface area contributed by atoms with Gasteiger partial charge >= 0.3 is 0 Å². The number of rotatable bonds is 2. The van der Waals surface area contributed by atoms with Crippen LogP contribution in [0.2, 0.25) is 0 Å². The van der Waals surface area contributed by atoms with Crippen molar-refractivity contribution in [2.45, 2.75) is 26.2 Å². The predicted octanol–water partition coefficient (Wildman–Crippen LogP) is 5.70. The lowest BCUT2D eigenvalue weighted by Crippen LogP contribution is -2.13. The van der Waals surface area contributed by atoms with Gasteiger partial charge in [0, 0.05) is 17.2 Å². The first-order valence-electron chi connectivity index (χ1n) is 6.57. The summed E-state index contributed by atoms with van der Waals surface area (Å²) in [7, 11) is 1.60. The molecular weight excluding hydrogens is 338 g/mol. The highest BCUT2D eigenvalue weighted by atomic mass is 79.9. The molecule has 0 aliphatic rings. The molecule has 21 heavy (non-hydrogen) atoms. The van der Waals surface area contributed by atoms with Gasteiger partial charge in [0.25, 0.3) is 0 Å². The fourth-order valence-electron chi connectivity index (χ4n) is 2.24. The molecule has 0 aliphatic heterocycles. The standard InChI is InChI=1S/C17H17BrF2O/c1-17(2,3)13-7-10(8-14(18)16(13)21-4)12-6-5-11(19)9-15(12)20/h5-9H,1-4H3. The second-order valence-corrected chi connectivity index (χ2v) is 6.77. The fraction of sp³-hybridized carbons (Fsp3) is 0.294. The van der Waals surface area contributed by atoms with Gasteiger partial charge in [-0.2, -0.15) is 0 Å². The van der Waals surface area contributed by atoms with Gasteiger partial charge in [-0.3, -0.25) is 0 Å². The predicted molar refractivity (Wildman–Crippen MR) is 84.7 cm³/mol. The molecule has 0 heterocycles. The Morgan fingerprint density at radius 2 is 1.71 bits per heavy atom. The summed E-state index contributed by atoms with van der Waals surface area (Å²) < 4.78 is 33.2. The molecule has 0 radical (unpaired) electrons. The Kier molecular flexibility index (Phi) is 4.38. The van der Waals surface area contributed by atoms with E-state index in [4.69, 9.17) is 4.74 Å². The number of hydrogen-bond donors (Lipinski definition) is 0. The van der Waals surface area contributed by atoms with E-state index < -0.39 is 11.6 Å². The zero-order valence-electron chi connectivity index (χ0n) is 12.4. The zero-order chi connectivity index (χ0) is 15.8. The highest BCUT2D eigenvalue weighted by Gasteiger charge is 2.22. The summed E-state index contributed by atoms with van der Waals surface area (Å²) >= 11 is 3.47. The quantitative estimate of drug-likeness (QED) is 0.671. The number of methoxy groups -OCH3 is 1. The maximum atomic E-state index is 14.0. The first-order valence-corrected chi connectivity index (χ1v) is 7.37. The molecule has 0 fully saturated rings. The van der Waals surface area contributed by atoms with Crippen molar-refractivity contribution in [1.29, 1.82) is 0 Å². The van der Waals surface area contributed by atoms with Crippen LogP contribution in [0.25, 0.3) is 11.1 Å². The van der Waals surface area contributed by atoms with Crippen LogP contribution >= 0.6 is 15.9 Å². The monoisotopic (exact) mass is 354 g/mol. The SMILES string of the molecule is COc1c(Br)cc(-c2ccc(F)cc2F)cc1C(C)(C)C. The molecule has 2 aromatic carbocycles. The van der Waals surface area contributed by atoms with Crippen molar-refractivity contribution >= 4 is 15.9 Å². The normalized spacial score (nSPS) is 11.6. The molecule has 0 spiro atoms. The van der Waals surface area contributed by atoms with Crippen LogP contribution < -0.4 is 4.74 Å². The highest BCUT2D eigenvalue weighted by molar-refractivity contribution is 9.10. The van der Waals surface area contributed by atoms with Crippen LogP contribution in [-0.4, -0.2) is 7.11 Å². The van der Waals surface area contributed by atoms with E-state index in [-0.39, 0.29) is 5.41 Å². The molecule has 0 bridgehead atoms. The second-order valence-electron chi connectivity index (χ2n) is 5.91. The molecule has 2 rings (SSSR count). The Morgan fingerprint density at radius 1 is 1.05 bits per heavy atom. The molecule has 0 amide bonds. The van der Waals surface area contributed by atoms with E-state index >= 15 is 0 Å². The molecule has 0 aromatic heterocycles. The van der Waals surface area contributed by atoms with Crippen molar-refractivity contribution < 1.29 is 13.5 Å². The largest absolute Gasteiger partial charge is 0.495 e. The molecular formula is C17H17BrF2O. The van der Waals surface area contributed by atoms with E-state index in [9.17, 15) is 8.78 Å². The lowest BCUT2D eigenvalue weighted by atomic mass is 9.84. The van der Waals surface area contributed by atoms with E-state index in [1.54, 1.807) is 13.2 Å². The van der Waals surface area contributed by atoms with Gasteiger partial charge in [-0.05, 0) is 51.2 Å². The number of halogens is 3. The van der Waals surface area contributed by atoms with Gasteiger partial charge in [-0.25, -0.2) is 8.78 Å². The van der Waals surface area contributed by atoms with Crippen LogP contribution in [-0.2, 0) is 5.41 Å². The molecule has 2 aromatic rings. The minimum absolute atomic E-state index is 0.166. The Bertz CT molecular complexity index is 675.